The quantitative estimate of drug-likeness (QED) is 0.646. The molecule has 1 saturated heterocycles. The highest BCUT2D eigenvalue weighted by atomic mass is 32.2. The molecule has 182 valence electrons. The van der Waals surface area contributed by atoms with E-state index in [9.17, 15) is 22.8 Å². The van der Waals surface area contributed by atoms with E-state index in [1.807, 2.05) is 6.92 Å². The molecule has 0 radical (unpaired) electrons. The van der Waals surface area contributed by atoms with Crippen molar-refractivity contribution in [2.24, 2.45) is 11.7 Å². The number of hydrogen-bond acceptors (Lipinski definition) is 6. The third-order valence-corrected chi connectivity index (χ3v) is 9.36. The molecule has 3 heterocycles. The summed E-state index contributed by atoms with van der Waals surface area (Å²) in [6.45, 7) is 5.37. The van der Waals surface area contributed by atoms with Gasteiger partial charge in [0.05, 0.1) is 17.0 Å². The maximum atomic E-state index is 13.0. The molecule has 1 atom stereocenters. The second-order valence-corrected chi connectivity index (χ2v) is 11.9. The van der Waals surface area contributed by atoms with Crippen molar-refractivity contribution >= 4 is 44.1 Å². The summed E-state index contributed by atoms with van der Waals surface area (Å²) in [5, 5.41) is 3.09. The number of primary amides is 1. The Morgan fingerprint density at radius 2 is 1.85 bits per heavy atom. The lowest BCUT2D eigenvalue weighted by Crippen LogP contribution is -2.39. The Labute approximate surface area is 203 Å². The van der Waals surface area contributed by atoms with Crippen LogP contribution in [0.4, 0.5) is 5.00 Å². The van der Waals surface area contributed by atoms with Gasteiger partial charge in [0, 0.05) is 37.0 Å². The Kier molecular flexibility index (Phi) is 6.79. The average molecular weight is 505 g/mol. The van der Waals surface area contributed by atoms with Crippen LogP contribution in [0.2, 0.25) is 0 Å². The van der Waals surface area contributed by atoms with Gasteiger partial charge >= 0.3 is 0 Å². The van der Waals surface area contributed by atoms with E-state index in [-0.39, 0.29) is 21.9 Å². The molecule has 0 unspecified atom stereocenters. The molecule has 0 spiro atoms. The fraction of sp³-hybridized carbons (Fsp3) is 0.435. The first-order chi connectivity index (χ1) is 16.1. The highest BCUT2D eigenvalue weighted by Gasteiger charge is 2.30. The minimum Gasteiger partial charge on any atom is -0.365 e. The lowest BCUT2D eigenvalue weighted by atomic mass is 10.0. The third kappa shape index (κ3) is 4.73. The number of carbonyl (C=O) groups is 3. The minimum atomic E-state index is -3.62. The summed E-state index contributed by atoms with van der Waals surface area (Å²) in [6, 6.07) is 5.79. The summed E-state index contributed by atoms with van der Waals surface area (Å²) in [6.07, 6.45) is 2.33. The number of anilines is 1. The number of benzene rings is 1. The molecule has 0 aliphatic carbocycles. The average Bonchev–Trinajstić information content (AvgIpc) is 3.16. The van der Waals surface area contributed by atoms with Crippen LogP contribution in [0.3, 0.4) is 0 Å². The van der Waals surface area contributed by atoms with Gasteiger partial charge in [-0.15, -0.1) is 11.3 Å². The number of piperidine rings is 1. The lowest BCUT2D eigenvalue weighted by molar-refractivity contribution is -0.129. The Bertz CT molecular complexity index is 1240. The van der Waals surface area contributed by atoms with Crippen molar-refractivity contribution in [2.75, 3.05) is 25.0 Å². The van der Waals surface area contributed by atoms with Crippen molar-refractivity contribution in [2.45, 2.75) is 44.6 Å². The van der Waals surface area contributed by atoms with E-state index >= 15 is 0 Å². The number of nitrogens with two attached hydrogens (primary N) is 1. The van der Waals surface area contributed by atoms with Crippen LogP contribution in [-0.4, -0.2) is 55.0 Å². The first-order valence-electron chi connectivity index (χ1n) is 11.2. The first-order valence-corrected chi connectivity index (χ1v) is 13.4. The van der Waals surface area contributed by atoms with Crippen molar-refractivity contribution in [3.8, 4) is 0 Å². The van der Waals surface area contributed by atoms with Crippen LogP contribution < -0.4 is 11.1 Å². The summed E-state index contributed by atoms with van der Waals surface area (Å²) in [5.74, 6) is -0.854. The molecular weight excluding hydrogens is 476 g/mol. The number of carbonyl (C=O) groups excluding carboxylic acids is 3. The summed E-state index contributed by atoms with van der Waals surface area (Å²) < 4.78 is 27.4. The van der Waals surface area contributed by atoms with Crippen LogP contribution in [0.1, 0.15) is 57.8 Å². The summed E-state index contributed by atoms with van der Waals surface area (Å²) in [4.78, 5) is 39.4. The van der Waals surface area contributed by atoms with E-state index in [2.05, 4.69) is 5.32 Å². The summed E-state index contributed by atoms with van der Waals surface area (Å²) >= 11 is 1.23. The van der Waals surface area contributed by atoms with Gasteiger partial charge in [0.1, 0.15) is 5.00 Å². The van der Waals surface area contributed by atoms with Gasteiger partial charge in [-0.1, -0.05) is 6.92 Å². The number of nitrogens with one attached hydrogen (secondary N) is 1. The minimum absolute atomic E-state index is 0.0562. The Balaban J connectivity index is 1.53. The number of fused-ring (bicyclic) bond motifs is 1. The molecule has 4 rings (SSSR count). The molecule has 0 bridgehead atoms. The second kappa shape index (κ2) is 9.47. The number of thiophene rings is 1. The zero-order valence-corrected chi connectivity index (χ0v) is 20.8. The normalized spacial score (nSPS) is 18.9. The monoisotopic (exact) mass is 504 g/mol. The molecule has 3 amide bonds. The number of amides is 3. The van der Waals surface area contributed by atoms with Crippen LogP contribution in [0.15, 0.2) is 29.2 Å². The van der Waals surface area contributed by atoms with Crippen molar-refractivity contribution < 1.29 is 22.8 Å². The fourth-order valence-corrected chi connectivity index (χ4v) is 7.35. The number of nitrogens with zero attached hydrogens (tertiary/aromatic N) is 2. The van der Waals surface area contributed by atoms with Crippen LogP contribution >= 0.6 is 11.3 Å². The summed E-state index contributed by atoms with van der Waals surface area (Å²) in [7, 11) is -3.62. The first kappa shape index (κ1) is 24.4. The summed E-state index contributed by atoms with van der Waals surface area (Å²) in [5.41, 5.74) is 6.91. The molecule has 3 N–H and O–H groups in total. The van der Waals surface area contributed by atoms with Crippen molar-refractivity contribution in [3.05, 3.63) is 45.8 Å². The molecule has 11 heteroatoms. The van der Waals surface area contributed by atoms with Crippen LogP contribution in [0.5, 0.6) is 0 Å². The van der Waals surface area contributed by atoms with Gasteiger partial charge in [-0.05, 0) is 55.0 Å². The predicted molar refractivity (Wildman–Crippen MR) is 129 cm³/mol. The maximum Gasteiger partial charge on any atom is 0.256 e. The third-order valence-electron chi connectivity index (χ3n) is 6.35. The smallest absolute Gasteiger partial charge is 0.256 e. The number of sulfonamides is 1. The van der Waals surface area contributed by atoms with E-state index in [1.165, 1.54) is 46.8 Å². The molecule has 1 fully saturated rings. The Morgan fingerprint density at radius 1 is 1.15 bits per heavy atom. The molecule has 2 aromatic rings. The molecule has 1 aromatic carbocycles. The molecule has 0 saturated carbocycles. The Morgan fingerprint density at radius 3 is 2.47 bits per heavy atom. The number of rotatable bonds is 5. The van der Waals surface area contributed by atoms with Crippen molar-refractivity contribution in [1.29, 1.82) is 0 Å². The van der Waals surface area contributed by atoms with Gasteiger partial charge in [-0.2, -0.15) is 4.31 Å². The molecule has 34 heavy (non-hydrogen) atoms. The highest BCUT2D eigenvalue weighted by Crippen LogP contribution is 2.37. The predicted octanol–water partition coefficient (Wildman–Crippen LogP) is 2.42. The zero-order chi connectivity index (χ0) is 24.6. The Hall–Kier alpha value is -2.76. The number of hydrogen-bond donors (Lipinski definition) is 2. The largest absolute Gasteiger partial charge is 0.365 e. The van der Waals surface area contributed by atoms with Gasteiger partial charge < -0.3 is 16.0 Å². The van der Waals surface area contributed by atoms with Crippen molar-refractivity contribution in [3.63, 3.8) is 0 Å². The molecule has 2 aliphatic heterocycles. The van der Waals surface area contributed by atoms with Crippen LogP contribution in [0, 0.1) is 5.92 Å². The van der Waals surface area contributed by atoms with Crippen LogP contribution in [-0.2, 0) is 27.8 Å². The van der Waals surface area contributed by atoms with E-state index in [4.69, 9.17) is 5.73 Å². The highest BCUT2D eigenvalue weighted by molar-refractivity contribution is 7.89. The van der Waals surface area contributed by atoms with Gasteiger partial charge in [0.15, 0.2) is 0 Å². The topological polar surface area (TPSA) is 130 Å². The van der Waals surface area contributed by atoms with Gasteiger partial charge in [-0.25, -0.2) is 8.42 Å². The van der Waals surface area contributed by atoms with Crippen molar-refractivity contribution in [1.82, 2.24) is 9.21 Å². The van der Waals surface area contributed by atoms with Gasteiger partial charge in [0.25, 0.3) is 11.8 Å². The molecule has 9 nitrogen and oxygen atoms in total. The van der Waals surface area contributed by atoms with Gasteiger partial charge in [0.2, 0.25) is 15.9 Å². The molecule has 2 aliphatic rings. The molecular formula is C23H28N4O5S2. The van der Waals surface area contributed by atoms with Gasteiger partial charge in [-0.3, -0.25) is 14.4 Å². The van der Waals surface area contributed by atoms with E-state index in [1.54, 1.807) is 4.90 Å². The zero-order valence-electron chi connectivity index (χ0n) is 19.2. The molecule has 1 aromatic heterocycles. The maximum absolute atomic E-state index is 13.0. The van der Waals surface area contributed by atoms with E-state index in [0.717, 1.165) is 23.3 Å². The van der Waals surface area contributed by atoms with E-state index in [0.29, 0.717) is 43.5 Å². The van der Waals surface area contributed by atoms with Crippen LogP contribution in [0.25, 0.3) is 0 Å². The second-order valence-electron chi connectivity index (χ2n) is 8.85. The fourth-order valence-electron chi connectivity index (χ4n) is 4.49. The standard InChI is InChI=1S/C23H28N4O5S2/c1-14-4-3-10-27(12-14)34(31,32)17-7-5-16(6-8-17)22(30)25-23-20(21(24)29)18-9-11-26(15(2)28)13-19(18)33-23/h5-8,14H,3-4,9-13H2,1-2H3,(H2,24,29)(H,25,30)/t14-/m0/s1. The SMILES string of the molecule is CC(=O)N1CCc2c(sc(NC(=O)c3ccc(S(=O)(=O)N4CCC[C@H](C)C4)cc3)c2C(N)=O)C1. The lowest BCUT2D eigenvalue weighted by Gasteiger charge is -2.30. The van der Waals surface area contributed by atoms with E-state index < -0.39 is 21.8 Å².